The number of aromatic nitrogens is 1. The van der Waals surface area contributed by atoms with Crippen LogP contribution in [0.15, 0.2) is 36.5 Å². The van der Waals surface area contributed by atoms with Gasteiger partial charge < -0.3 is 9.64 Å². The number of halogens is 1. The van der Waals surface area contributed by atoms with E-state index in [1.165, 1.54) is 0 Å². The van der Waals surface area contributed by atoms with Crippen LogP contribution in [0.1, 0.15) is 22.3 Å². The minimum absolute atomic E-state index is 0.0505. The van der Waals surface area contributed by atoms with Crippen LogP contribution >= 0.6 is 11.6 Å². The van der Waals surface area contributed by atoms with Gasteiger partial charge in [0.15, 0.2) is 0 Å². The molecule has 0 fully saturated rings. The number of carbonyl (C=O) groups excluding carboxylic acids is 1. The molecule has 0 radical (unpaired) electrons. The number of carbonyl (C=O) groups is 1. The van der Waals surface area contributed by atoms with Crippen molar-refractivity contribution in [1.82, 2.24) is 4.98 Å². The second-order valence-corrected chi connectivity index (χ2v) is 5.31. The van der Waals surface area contributed by atoms with Gasteiger partial charge in [-0.3, -0.25) is 4.79 Å². The van der Waals surface area contributed by atoms with Crippen LogP contribution in [0.4, 0.5) is 5.69 Å². The molecule has 0 aliphatic carbocycles. The van der Waals surface area contributed by atoms with Gasteiger partial charge in [-0.05, 0) is 48.7 Å². The molecule has 0 saturated carbocycles. The second kappa shape index (κ2) is 5.74. The fourth-order valence-electron chi connectivity index (χ4n) is 2.60. The Labute approximate surface area is 128 Å². The first-order valence-electron chi connectivity index (χ1n) is 6.79. The Morgan fingerprint density at radius 3 is 2.95 bits per heavy atom. The van der Waals surface area contributed by atoms with Crippen molar-refractivity contribution in [1.29, 1.82) is 0 Å². The van der Waals surface area contributed by atoms with Gasteiger partial charge in [-0.25, -0.2) is 4.98 Å². The van der Waals surface area contributed by atoms with E-state index in [9.17, 15) is 4.79 Å². The van der Waals surface area contributed by atoms with Crippen LogP contribution in [-0.2, 0) is 6.42 Å². The van der Waals surface area contributed by atoms with E-state index in [0.29, 0.717) is 17.3 Å². The van der Waals surface area contributed by atoms with E-state index >= 15 is 0 Å². The molecule has 0 bridgehead atoms. The lowest BCUT2D eigenvalue weighted by molar-refractivity contribution is 0.0985. The fourth-order valence-corrected chi connectivity index (χ4v) is 2.78. The van der Waals surface area contributed by atoms with Crippen LogP contribution in [0.5, 0.6) is 5.75 Å². The van der Waals surface area contributed by atoms with Crippen molar-refractivity contribution in [2.75, 3.05) is 18.6 Å². The molecule has 0 atom stereocenters. The van der Waals surface area contributed by atoms with Crippen molar-refractivity contribution in [3.05, 3.63) is 52.8 Å². The number of amides is 1. The van der Waals surface area contributed by atoms with E-state index in [1.54, 1.807) is 30.3 Å². The summed E-state index contributed by atoms with van der Waals surface area (Å²) in [6.45, 7) is 0.706. The Morgan fingerprint density at radius 1 is 1.33 bits per heavy atom. The molecule has 1 aromatic heterocycles. The molecule has 1 aliphatic rings. The van der Waals surface area contributed by atoms with Gasteiger partial charge in [-0.15, -0.1) is 0 Å². The van der Waals surface area contributed by atoms with E-state index in [2.05, 4.69) is 4.98 Å². The minimum atomic E-state index is -0.0505. The zero-order valence-corrected chi connectivity index (χ0v) is 12.4. The van der Waals surface area contributed by atoms with E-state index < -0.39 is 0 Å². The smallest absolute Gasteiger partial charge is 0.258 e. The molecule has 0 N–H and O–H groups in total. The van der Waals surface area contributed by atoms with Crippen molar-refractivity contribution in [3.8, 4) is 5.75 Å². The predicted molar refractivity (Wildman–Crippen MR) is 82.2 cm³/mol. The Hall–Kier alpha value is -2.07. The number of aryl methyl sites for hydroxylation is 1. The summed E-state index contributed by atoms with van der Waals surface area (Å²) in [4.78, 5) is 18.4. The summed E-state index contributed by atoms with van der Waals surface area (Å²) in [6.07, 6.45) is 3.44. The average Bonchev–Trinajstić information content (AvgIpc) is 2.53. The molecule has 1 amide bonds. The van der Waals surface area contributed by atoms with Crippen LogP contribution in [0.3, 0.4) is 0 Å². The summed E-state index contributed by atoms with van der Waals surface area (Å²) in [5.74, 6) is 0.764. The van der Waals surface area contributed by atoms with Gasteiger partial charge in [0.05, 0.1) is 7.11 Å². The molecule has 0 saturated heterocycles. The number of anilines is 1. The Balaban J connectivity index is 1.96. The number of hydrogen-bond donors (Lipinski definition) is 0. The van der Waals surface area contributed by atoms with Crippen molar-refractivity contribution in [2.45, 2.75) is 12.8 Å². The molecule has 5 heteroatoms. The maximum absolute atomic E-state index is 12.7. The minimum Gasteiger partial charge on any atom is -0.497 e. The van der Waals surface area contributed by atoms with Crippen LogP contribution in [0.2, 0.25) is 5.15 Å². The van der Waals surface area contributed by atoms with E-state index in [4.69, 9.17) is 16.3 Å². The molecule has 4 nitrogen and oxygen atoms in total. The monoisotopic (exact) mass is 302 g/mol. The zero-order valence-electron chi connectivity index (χ0n) is 11.7. The number of fused-ring (bicyclic) bond motifs is 1. The molecule has 0 unspecified atom stereocenters. The molecule has 2 aromatic rings. The normalized spacial score (nSPS) is 13.7. The quantitative estimate of drug-likeness (QED) is 0.799. The molecular formula is C16H15ClN2O2. The van der Waals surface area contributed by atoms with Gasteiger partial charge >= 0.3 is 0 Å². The van der Waals surface area contributed by atoms with Gasteiger partial charge in [0.25, 0.3) is 5.91 Å². The van der Waals surface area contributed by atoms with Crippen molar-refractivity contribution in [2.24, 2.45) is 0 Å². The van der Waals surface area contributed by atoms with Crippen molar-refractivity contribution < 1.29 is 9.53 Å². The predicted octanol–water partition coefficient (Wildman–Crippen LogP) is 3.34. The fraction of sp³-hybridized carbons (Fsp3) is 0.250. The highest BCUT2D eigenvalue weighted by Gasteiger charge is 2.24. The highest BCUT2D eigenvalue weighted by atomic mass is 35.5. The van der Waals surface area contributed by atoms with E-state index in [-0.39, 0.29) is 5.91 Å². The third-order valence-electron chi connectivity index (χ3n) is 3.62. The maximum atomic E-state index is 12.7. The Bertz CT molecular complexity index is 688. The number of benzene rings is 1. The summed E-state index contributed by atoms with van der Waals surface area (Å²) >= 11 is 5.87. The Kier molecular flexibility index (Phi) is 3.80. The number of hydrogen-bond acceptors (Lipinski definition) is 3. The van der Waals surface area contributed by atoms with Crippen LogP contribution in [0, 0.1) is 0 Å². The van der Waals surface area contributed by atoms with Crippen LogP contribution in [0.25, 0.3) is 0 Å². The largest absolute Gasteiger partial charge is 0.497 e. The maximum Gasteiger partial charge on any atom is 0.258 e. The third kappa shape index (κ3) is 2.72. The van der Waals surface area contributed by atoms with Gasteiger partial charge in [0.1, 0.15) is 10.9 Å². The number of ether oxygens (including phenoxy) is 1. The summed E-state index contributed by atoms with van der Waals surface area (Å²) in [7, 11) is 1.65. The molecule has 3 rings (SSSR count). The summed E-state index contributed by atoms with van der Waals surface area (Å²) in [5, 5.41) is 0.327. The number of rotatable bonds is 2. The standard InChI is InChI=1S/C16H15ClN2O2/c1-21-13-4-5-14-11(9-13)3-2-8-19(14)16(20)12-6-7-18-15(17)10-12/h4-7,9-10H,2-3,8H2,1H3. The van der Waals surface area contributed by atoms with Gasteiger partial charge in [-0.2, -0.15) is 0 Å². The molecular weight excluding hydrogens is 288 g/mol. The van der Waals surface area contributed by atoms with Gasteiger partial charge in [0.2, 0.25) is 0 Å². The Morgan fingerprint density at radius 2 is 2.19 bits per heavy atom. The highest BCUT2D eigenvalue weighted by molar-refractivity contribution is 6.29. The molecule has 1 aromatic carbocycles. The van der Waals surface area contributed by atoms with Crippen LogP contribution < -0.4 is 9.64 Å². The lowest BCUT2D eigenvalue weighted by Gasteiger charge is -2.29. The molecule has 1 aliphatic heterocycles. The molecule has 108 valence electrons. The number of methoxy groups -OCH3 is 1. The van der Waals surface area contributed by atoms with Gasteiger partial charge in [-0.1, -0.05) is 11.6 Å². The van der Waals surface area contributed by atoms with Crippen LogP contribution in [-0.4, -0.2) is 24.5 Å². The third-order valence-corrected chi connectivity index (χ3v) is 3.83. The van der Waals surface area contributed by atoms with Gasteiger partial charge in [0, 0.05) is 24.0 Å². The van der Waals surface area contributed by atoms with E-state index in [1.807, 2.05) is 18.2 Å². The molecule has 21 heavy (non-hydrogen) atoms. The zero-order chi connectivity index (χ0) is 14.8. The average molecular weight is 303 g/mol. The number of pyridine rings is 1. The van der Waals surface area contributed by atoms with E-state index in [0.717, 1.165) is 29.8 Å². The second-order valence-electron chi connectivity index (χ2n) is 4.92. The lowest BCUT2D eigenvalue weighted by Crippen LogP contribution is -2.35. The molecule has 2 heterocycles. The summed E-state index contributed by atoms with van der Waals surface area (Å²) < 4.78 is 5.25. The SMILES string of the molecule is COc1ccc2c(c1)CCCN2C(=O)c1ccnc(Cl)c1. The molecule has 0 spiro atoms. The highest BCUT2D eigenvalue weighted by Crippen LogP contribution is 2.31. The summed E-state index contributed by atoms with van der Waals surface area (Å²) in [5.41, 5.74) is 2.63. The first-order chi connectivity index (χ1) is 10.2. The topological polar surface area (TPSA) is 42.4 Å². The van der Waals surface area contributed by atoms with Crippen molar-refractivity contribution in [3.63, 3.8) is 0 Å². The van der Waals surface area contributed by atoms with Crippen molar-refractivity contribution >= 4 is 23.2 Å². The first-order valence-corrected chi connectivity index (χ1v) is 7.17. The summed E-state index contributed by atoms with van der Waals surface area (Å²) in [6, 6.07) is 9.10. The lowest BCUT2D eigenvalue weighted by atomic mass is 10.0. The number of nitrogens with zero attached hydrogens (tertiary/aromatic N) is 2. The first kappa shape index (κ1) is 13.9.